The first-order chi connectivity index (χ1) is 10.2. The van der Waals surface area contributed by atoms with Gasteiger partial charge in [-0.15, -0.1) is 0 Å². The maximum Gasteiger partial charge on any atom is 0.123 e. The molecule has 3 rings (SSSR count). The van der Waals surface area contributed by atoms with Crippen LogP contribution in [0.25, 0.3) is 10.8 Å². The first-order valence-corrected chi connectivity index (χ1v) is 6.75. The fourth-order valence-electron chi connectivity index (χ4n) is 2.70. The summed E-state index contributed by atoms with van der Waals surface area (Å²) in [5.41, 5.74) is 5.68. The minimum absolute atomic E-state index is 0.210. The molecule has 1 aromatic heterocycles. The average molecular weight is 281 g/mol. The van der Waals surface area contributed by atoms with E-state index < -0.39 is 0 Å². The summed E-state index contributed by atoms with van der Waals surface area (Å²) in [7, 11) is 0. The van der Waals surface area contributed by atoms with Crippen LogP contribution in [0.4, 0.5) is 4.39 Å². The van der Waals surface area contributed by atoms with Crippen LogP contribution >= 0.6 is 0 Å². The van der Waals surface area contributed by atoms with Crippen molar-refractivity contribution in [3.63, 3.8) is 0 Å². The van der Waals surface area contributed by atoms with E-state index in [1.165, 1.54) is 12.1 Å². The number of hydrogen-bond acceptors (Lipinski definition) is 3. The Morgan fingerprint density at radius 1 is 1.14 bits per heavy atom. The molecule has 0 saturated carbocycles. The Balaban J connectivity index is 2.18. The molecule has 0 amide bonds. The molecule has 0 saturated heterocycles. The smallest absolute Gasteiger partial charge is 0.123 e. The zero-order valence-corrected chi connectivity index (χ0v) is 11.7. The van der Waals surface area contributed by atoms with E-state index in [1.807, 2.05) is 37.4 Å². The fraction of sp³-hybridized carbons (Fsp3) is 0.118. The van der Waals surface area contributed by atoms with Crippen LogP contribution in [0.5, 0.6) is 0 Å². The SMILES string of the molecule is Cc1cc(F)ccc1C(NN)c1cccc2ccncc12. The van der Waals surface area contributed by atoms with Crippen molar-refractivity contribution in [2.75, 3.05) is 0 Å². The second kappa shape index (κ2) is 5.60. The van der Waals surface area contributed by atoms with Crippen molar-refractivity contribution >= 4 is 10.8 Å². The average Bonchev–Trinajstić information content (AvgIpc) is 2.50. The maximum atomic E-state index is 13.3. The summed E-state index contributed by atoms with van der Waals surface area (Å²) < 4.78 is 13.3. The Kier molecular flexibility index (Phi) is 3.64. The molecule has 3 aromatic rings. The van der Waals surface area contributed by atoms with Gasteiger partial charge in [0.25, 0.3) is 0 Å². The second-order valence-electron chi connectivity index (χ2n) is 5.04. The van der Waals surface area contributed by atoms with E-state index in [1.54, 1.807) is 12.3 Å². The molecule has 0 spiro atoms. The fourth-order valence-corrected chi connectivity index (χ4v) is 2.70. The maximum absolute atomic E-state index is 13.3. The molecule has 1 unspecified atom stereocenters. The topological polar surface area (TPSA) is 50.9 Å². The van der Waals surface area contributed by atoms with Gasteiger partial charge in [-0.1, -0.05) is 24.3 Å². The molecule has 21 heavy (non-hydrogen) atoms. The lowest BCUT2D eigenvalue weighted by molar-refractivity contribution is 0.613. The predicted molar refractivity (Wildman–Crippen MR) is 82.0 cm³/mol. The van der Waals surface area contributed by atoms with Crippen LogP contribution in [0.3, 0.4) is 0 Å². The van der Waals surface area contributed by atoms with Gasteiger partial charge in [-0.3, -0.25) is 10.8 Å². The van der Waals surface area contributed by atoms with Crippen molar-refractivity contribution in [3.05, 3.63) is 77.4 Å². The summed E-state index contributed by atoms with van der Waals surface area (Å²) in [6, 6.07) is 12.5. The van der Waals surface area contributed by atoms with E-state index in [9.17, 15) is 4.39 Å². The molecule has 3 nitrogen and oxygen atoms in total. The van der Waals surface area contributed by atoms with Gasteiger partial charge in [-0.25, -0.2) is 9.82 Å². The van der Waals surface area contributed by atoms with Gasteiger partial charge in [0, 0.05) is 17.8 Å². The molecule has 1 atom stereocenters. The van der Waals surface area contributed by atoms with Crippen molar-refractivity contribution in [1.82, 2.24) is 10.4 Å². The van der Waals surface area contributed by atoms with Crippen molar-refractivity contribution < 1.29 is 4.39 Å². The van der Waals surface area contributed by atoms with Gasteiger partial charge in [0.1, 0.15) is 5.82 Å². The highest BCUT2D eigenvalue weighted by Crippen LogP contribution is 2.29. The van der Waals surface area contributed by atoms with Gasteiger partial charge in [0.05, 0.1) is 6.04 Å². The van der Waals surface area contributed by atoms with Crippen LogP contribution in [0.1, 0.15) is 22.7 Å². The first-order valence-electron chi connectivity index (χ1n) is 6.75. The number of nitrogens with one attached hydrogen (secondary N) is 1. The second-order valence-corrected chi connectivity index (χ2v) is 5.04. The van der Waals surface area contributed by atoms with E-state index in [2.05, 4.69) is 10.4 Å². The van der Waals surface area contributed by atoms with Crippen molar-refractivity contribution in [3.8, 4) is 0 Å². The van der Waals surface area contributed by atoms with Gasteiger partial charge in [0.2, 0.25) is 0 Å². The zero-order valence-electron chi connectivity index (χ0n) is 11.7. The predicted octanol–water partition coefficient (Wildman–Crippen LogP) is 3.24. The Hall–Kier alpha value is -2.30. The molecule has 0 bridgehead atoms. The van der Waals surface area contributed by atoms with Crippen LogP contribution in [0.2, 0.25) is 0 Å². The van der Waals surface area contributed by atoms with Crippen molar-refractivity contribution in [2.24, 2.45) is 5.84 Å². The van der Waals surface area contributed by atoms with E-state index in [-0.39, 0.29) is 11.9 Å². The number of rotatable bonds is 3. The summed E-state index contributed by atoms with van der Waals surface area (Å²) in [5.74, 6) is 5.53. The molecule has 0 aliphatic carbocycles. The number of hydrazine groups is 1. The Morgan fingerprint density at radius 3 is 2.76 bits per heavy atom. The summed E-state index contributed by atoms with van der Waals surface area (Å²) in [4.78, 5) is 4.19. The van der Waals surface area contributed by atoms with Crippen molar-refractivity contribution in [2.45, 2.75) is 13.0 Å². The third-order valence-corrected chi connectivity index (χ3v) is 3.74. The highest BCUT2D eigenvalue weighted by molar-refractivity contribution is 5.85. The number of nitrogens with two attached hydrogens (primary N) is 1. The van der Waals surface area contributed by atoms with Crippen molar-refractivity contribution in [1.29, 1.82) is 0 Å². The lowest BCUT2D eigenvalue weighted by Crippen LogP contribution is -2.29. The van der Waals surface area contributed by atoms with Gasteiger partial charge in [-0.05, 0) is 47.2 Å². The van der Waals surface area contributed by atoms with Crippen LogP contribution in [0.15, 0.2) is 54.9 Å². The van der Waals surface area contributed by atoms with Crippen LogP contribution in [-0.2, 0) is 0 Å². The number of hydrogen-bond donors (Lipinski definition) is 2. The number of fused-ring (bicyclic) bond motifs is 1. The molecule has 3 N–H and O–H groups in total. The molecular weight excluding hydrogens is 265 g/mol. The zero-order chi connectivity index (χ0) is 14.8. The van der Waals surface area contributed by atoms with E-state index in [0.29, 0.717) is 0 Å². The Bertz CT molecular complexity index is 781. The number of aromatic nitrogens is 1. The summed E-state index contributed by atoms with van der Waals surface area (Å²) in [6.45, 7) is 1.88. The van der Waals surface area contributed by atoms with E-state index in [4.69, 9.17) is 5.84 Å². The molecule has 106 valence electrons. The molecule has 0 aliphatic heterocycles. The third-order valence-electron chi connectivity index (χ3n) is 3.74. The normalized spacial score (nSPS) is 12.5. The van der Waals surface area contributed by atoms with Crippen LogP contribution in [-0.4, -0.2) is 4.98 Å². The first kappa shape index (κ1) is 13.7. The molecule has 0 radical (unpaired) electrons. The molecule has 2 aromatic carbocycles. The standard InChI is InChI=1S/C17H16FN3/c1-11-9-13(18)5-6-14(11)17(21-19)15-4-2-3-12-7-8-20-10-16(12)15/h2-10,17,21H,19H2,1H3. The summed E-state index contributed by atoms with van der Waals surface area (Å²) >= 11 is 0. The largest absolute Gasteiger partial charge is 0.271 e. The van der Waals surface area contributed by atoms with Crippen LogP contribution < -0.4 is 11.3 Å². The molecule has 0 aliphatic rings. The molecule has 4 heteroatoms. The molecular formula is C17H16FN3. The van der Waals surface area contributed by atoms with Gasteiger partial charge < -0.3 is 0 Å². The highest BCUT2D eigenvalue weighted by atomic mass is 19.1. The number of pyridine rings is 1. The lowest BCUT2D eigenvalue weighted by Gasteiger charge is -2.20. The Labute approximate surface area is 122 Å². The van der Waals surface area contributed by atoms with Gasteiger partial charge in [-0.2, -0.15) is 0 Å². The number of nitrogens with zero attached hydrogens (tertiary/aromatic N) is 1. The monoisotopic (exact) mass is 281 g/mol. The third kappa shape index (κ3) is 2.51. The van der Waals surface area contributed by atoms with E-state index in [0.717, 1.165) is 27.5 Å². The summed E-state index contributed by atoms with van der Waals surface area (Å²) in [5, 5.41) is 2.13. The number of aryl methyl sites for hydroxylation is 1. The lowest BCUT2D eigenvalue weighted by atomic mass is 9.92. The minimum Gasteiger partial charge on any atom is -0.271 e. The quantitative estimate of drug-likeness (QED) is 0.572. The van der Waals surface area contributed by atoms with E-state index >= 15 is 0 Å². The van der Waals surface area contributed by atoms with Gasteiger partial charge >= 0.3 is 0 Å². The summed E-state index contributed by atoms with van der Waals surface area (Å²) in [6.07, 6.45) is 3.59. The number of benzene rings is 2. The minimum atomic E-state index is -0.244. The Morgan fingerprint density at radius 2 is 2.00 bits per heavy atom. The molecule has 0 fully saturated rings. The van der Waals surface area contributed by atoms with Crippen LogP contribution in [0, 0.1) is 12.7 Å². The highest BCUT2D eigenvalue weighted by Gasteiger charge is 2.17. The number of halogens is 1. The molecule has 1 heterocycles. The van der Waals surface area contributed by atoms with Gasteiger partial charge in [0.15, 0.2) is 0 Å².